The molecule has 2 rings (SSSR count). The highest BCUT2D eigenvalue weighted by molar-refractivity contribution is 7.88. The zero-order chi connectivity index (χ0) is 11.6. The monoisotopic (exact) mass is 241 g/mol. The number of rotatable bonds is 2. The molecule has 1 N–H and O–H groups in total. The van der Waals surface area contributed by atoms with E-state index in [1.54, 1.807) is 12.4 Å². The predicted octanol–water partition coefficient (Wildman–Crippen LogP) is -0.0125. The van der Waals surface area contributed by atoms with Gasteiger partial charge in [0.2, 0.25) is 10.0 Å². The Balaban J connectivity index is 2.14. The summed E-state index contributed by atoms with van der Waals surface area (Å²) in [5, 5.41) is 3.29. The van der Waals surface area contributed by atoms with Crippen LogP contribution < -0.4 is 5.32 Å². The minimum absolute atomic E-state index is 0.0391. The molecule has 1 atom stereocenters. The van der Waals surface area contributed by atoms with Gasteiger partial charge in [0.05, 0.1) is 6.26 Å². The second-order valence-corrected chi connectivity index (χ2v) is 5.90. The van der Waals surface area contributed by atoms with Crippen LogP contribution in [0, 0.1) is 0 Å². The maximum absolute atomic E-state index is 11.4. The molecule has 0 aromatic carbocycles. The fraction of sp³-hybridized carbons (Fsp3) is 0.500. The Labute approximate surface area is 95.5 Å². The fourth-order valence-corrected chi connectivity index (χ4v) is 2.67. The van der Waals surface area contributed by atoms with Crippen molar-refractivity contribution in [3.8, 4) is 0 Å². The third kappa shape index (κ3) is 2.58. The lowest BCUT2D eigenvalue weighted by Crippen LogP contribution is -2.47. The number of aromatic nitrogens is 1. The van der Waals surface area contributed by atoms with Gasteiger partial charge >= 0.3 is 0 Å². The Kier molecular flexibility index (Phi) is 3.22. The van der Waals surface area contributed by atoms with E-state index in [0.717, 1.165) is 5.56 Å². The largest absolute Gasteiger partial charge is 0.307 e. The Morgan fingerprint density at radius 2 is 2.38 bits per heavy atom. The number of sulfonamides is 1. The summed E-state index contributed by atoms with van der Waals surface area (Å²) in [5.41, 5.74) is 1.02. The quantitative estimate of drug-likeness (QED) is 0.791. The molecule has 16 heavy (non-hydrogen) atoms. The smallest absolute Gasteiger partial charge is 0.211 e. The number of nitrogens with one attached hydrogen (secondary N) is 1. The Bertz CT molecular complexity index is 446. The van der Waals surface area contributed by atoms with Gasteiger partial charge in [0, 0.05) is 38.1 Å². The molecule has 0 radical (unpaired) electrons. The maximum atomic E-state index is 11.4. The molecule has 88 valence electrons. The predicted molar refractivity (Wildman–Crippen MR) is 61.4 cm³/mol. The molecule has 0 aliphatic carbocycles. The molecule has 1 aromatic heterocycles. The first-order chi connectivity index (χ1) is 7.57. The van der Waals surface area contributed by atoms with E-state index in [9.17, 15) is 8.42 Å². The first-order valence-electron chi connectivity index (χ1n) is 5.16. The molecule has 1 saturated heterocycles. The van der Waals surface area contributed by atoms with Crippen LogP contribution in [0.4, 0.5) is 0 Å². The lowest BCUT2D eigenvalue weighted by atomic mass is 10.1. The Morgan fingerprint density at radius 3 is 3.00 bits per heavy atom. The normalized spacial score (nSPS) is 23.2. The van der Waals surface area contributed by atoms with Gasteiger partial charge in [-0.15, -0.1) is 0 Å². The second-order valence-electron chi connectivity index (χ2n) is 3.91. The van der Waals surface area contributed by atoms with E-state index in [-0.39, 0.29) is 6.04 Å². The van der Waals surface area contributed by atoms with E-state index in [1.165, 1.54) is 10.6 Å². The van der Waals surface area contributed by atoms with E-state index in [1.807, 2.05) is 12.1 Å². The van der Waals surface area contributed by atoms with Crippen LogP contribution in [0.2, 0.25) is 0 Å². The Morgan fingerprint density at radius 1 is 1.56 bits per heavy atom. The van der Waals surface area contributed by atoms with Crippen LogP contribution in [0.25, 0.3) is 0 Å². The zero-order valence-electron chi connectivity index (χ0n) is 9.13. The van der Waals surface area contributed by atoms with Crippen LogP contribution in [0.15, 0.2) is 24.5 Å². The topological polar surface area (TPSA) is 62.3 Å². The van der Waals surface area contributed by atoms with E-state index in [2.05, 4.69) is 10.3 Å². The van der Waals surface area contributed by atoms with Crippen molar-refractivity contribution >= 4 is 10.0 Å². The minimum Gasteiger partial charge on any atom is -0.307 e. The van der Waals surface area contributed by atoms with E-state index in [0.29, 0.717) is 19.6 Å². The molecule has 0 amide bonds. The van der Waals surface area contributed by atoms with Crippen molar-refractivity contribution < 1.29 is 8.42 Å². The second kappa shape index (κ2) is 4.48. The van der Waals surface area contributed by atoms with Gasteiger partial charge in [-0.2, -0.15) is 4.31 Å². The van der Waals surface area contributed by atoms with Gasteiger partial charge < -0.3 is 5.32 Å². The number of piperazine rings is 1. The molecule has 1 aliphatic rings. The van der Waals surface area contributed by atoms with Crippen molar-refractivity contribution in [3.05, 3.63) is 30.1 Å². The van der Waals surface area contributed by atoms with Crippen molar-refractivity contribution in [1.82, 2.24) is 14.6 Å². The molecular weight excluding hydrogens is 226 g/mol. The molecule has 1 fully saturated rings. The van der Waals surface area contributed by atoms with Gasteiger partial charge in [0.25, 0.3) is 0 Å². The van der Waals surface area contributed by atoms with Crippen LogP contribution >= 0.6 is 0 Å². The number of hydrogen-bond acceptors (Lipinski definition) is 4. The van der Waals surface area contributed by atoms with Gasteiger partial charge in [-0.1, -0.05) is 6.07 Å². The van der Waals surface area contributed by atoms with Crippen molar-refractivity contribution in [1.29, 1.82) is 0 Å². The SMILES string of the molecule is CS(=O)(=O)N1CCNC(c2cccnc2)C1. The first-order valence-corrected chi connectivity index (χ1v) is 7.00. The highest BCUT2D eigenvalue weighted by Crippen LogP contribution is 2.17. The highest BCUT2D eigenvalue weighted by atomic mass is 32.2. The van der Waals surface area contributed by atoms with E-state index < -0.39 is 10.0 Å². The standard InChI is InChI=1S/C10H15N3O2S/c1-16(14,15)13-6-5-12-10(8-13)9-3-2-4-11-7-9/h2-4,7,10,12H,5-6,8H2,1H3. The van der Waals surface area contributed by atoms with Crippen molar-refractivity contribution in [2.24, 2.45) is 0 Å². The molecule has 5 nitrogen and oxygen atoms in total. The van der Waals surface area contributed by atoms with Gasteiger partial charge in [-0.05, 0) is 11.6 Å². The van der Waals surface area contributed by atoms with E-state index in [4.69, 9.17) is 0 Å². The van der Waals surface area contributed by atoms with Crippen molar-refractivity contribution in [2.75, 3.05) is 25.9 Å². The van der Waals surface area contributed by atoms with Crippen molar-refractivity contribution in [2.45, 2.75) is 6.04 Å². The number of pyridine rings is 1. The zero-order valence-corrected chi connectivity index (χ0v) is 9.94. The van der Waals surface area contributed by atoms with Gasteiger partial charge in [0.1, 0.15) is 0 Å². The number of nitrogens with zero attached hydrogens (tertiary/aromatic N) is 2. The molecule has 0 spiro atoms. The average Bonchev–Trinajstić information content (AvgIpc) is 2.29. The molecule has 1 aromatic rings. The number of hydrogen-bond donors (Lipinski definition) is 1. The molecule has 0 saturated carbocycles. The van der Waals surface area contributed by atoms with Crippen molar-refractivity contribution in [3.63, 3.8) is 0 Å². The summed E-state index contributed by atoms with van der Waals surface area (Å²) in [6.45, 7) is 1.69. The lowest BCUT2D eigenvalue weighted by Gasteiger charge is -2.32. The maximum Gasteiger partial charge on any atom is 0.211 e. The van der Waals surface area contributed by atoms with Gasteiger partial charge in [-0.3, -0.25) is 4.98 Å². The summed E-state index contributed by atoms with van der Waals surface area (Å²) in [6.07, 6.45) is 4.72. The minimum atomic E-state index is -3.09. The summed E-state index contributed by atoms with van der Waals surface area (Å²) in [6, 6.07) is 3.85. The average molecular weight is 241 g/mol. The first kappa shape index (κ1) is 11.5. The van der Waals surface area contributed by atoms with Crippen LogP contribution in [-0.2, 0) is 10.0 Å². The van der Waals surface area contributed by atoms with E-state index >= 15 is 0 Å². The Hall–Kier alpha value is -0.980. The summed E-state index contributed by atoms with van der Waals surface area (Å²) < 4.78 is 24.4. The molecular formula is C10H15N3O2S. The lowest BCUT2D eigenvalue weighted by molar-refractivity contribution is 0.303. The van der Waals surface area contributed by atoms with Crippen LogP contribution in [0.1, 0.15) is 11.6 Å². The summed E-state index contributed by atoms with van der Waals surface area (Å²) >= 11 is 0. The van der Waals surface area contributed by atoms with Crippen LogP contribution in [0.3, 0.4) is 0 Å². The molecule has 6 heteroatoms. The van der Waals surface area contributed by atoms with Gasteiger partial charge in [-0.25, -0.2) is 8.42 Å². The summed E-state index contributed by atoms with van der Waals surface area (Å²) in [4.78, 5) is 4.04. The summed E-state index contributed by atoms with van der Waals surface area (Å²) in [7, 11) is -3.09. The third-order valence-corrected chi connectivity index (χ3v) is 3.96. The van der Waals surface area contributed by atoms with Crippen LogP contribution in [-0.4, -0.2) is 43.6 Å². The van der Waals surface area contributed by atoms with Gasteiger partial charge in [0.15, 0.2) is 0 Å². The fourth-order valence-electron chi connectivity index (χ4n) is 1.83. The van der Waals surface area contributed by atoms with Crippen LogP contribution in [0.5, 0.6) is 0 Å². The highest BCUT2D eigenvalue weighted by Gasteiger charge is 2.26. The molecule has 2 heterocycles. The molecule has 1 unspecified atom stereocenters. The molecule has 0 bridgehead atoms. The third-order valence-electron chi connectivity index (χ3n) is 2.69. The molecule has 1 aliphatic heterocycles. The summed E-state index contributed by atoms with van der Waals surface area (Å²) in [5.74, 6) is 0.